The molecular formula is C21H24FN3O2S. The molecule has 1 aromatic carbocycles. The summed E-state index contributed by atoms with van der Waals surface area (Å²) in [5.74, 6) is 1.12. The zero-order valence-corrected chi connectivity index (χ0v) is 17.0. The van der Waals surface area contributed by atoms with Gasteiger partial charge in [-0.25, -0.2) is 14.4 Å². The smallest absolute Gasteiger partial charge is 0.213 e. The summed E-state index contributed by atoms with van der Waals surface area (Å²) < 4.78 is 25.3. The first-order chi connectivity index (χ1) is 13.6. The number of amidine groups is 1. The highest BCUT2D eigenvalue weighted by Gasteiger charge is 2.40. The fraction of sp³-hybridized carbons (Fsp3) is 0.429. The molecule has 0 saturated carbocycles. The summed E-state index contributed by atoms with van der Waals surface area (Å²) in [5.41, 5.74) is 1.55. The van der Waals surface area contributed by atoms with Crippen LogP contribution in [0.25, 0.3) is 0 Å². The molecular weight excluding hydrogens is 377 g/mol. The molecule has 3 heterocycles. The van der Waals surface area contributed by atoms with Crippen molar-refractivity contribution in [2.24, 2.45) is 10.4 Å². The van der Waals surface area contributed by atoms with E-state index in [0.29, 0.717) is 18.2 Å². The summed E-state index contributed by atoms with van der Waals surface area (Å²) in [6.07, 6.45) is 6.42. The van der Waals surface area contributed by atoms with Crippen LogP contribution in [0, 0.1) is 11.2 Å². The number of methoxy groups -OCH3 is 1. The van der Waals surface area contributed by atoms with Gasteiger partial charge in [0, 0.05) is 30.1 Å². The summed E-state index contributed by atoms with van der Waals surface area (Å²) in [7, 11) is 1.60. The van der Waals surface area contributed by atoms with Gasteiger partial charge in [-0.15, -0.1) is 0 Å². The van der Waals surface area contributed by atoms with Crippen LogP contribution in [0.15, 0.2) is 41.5 Å². The van der Waals surface area contributed by atoms with E-state index in [4.69, 9.17) is 14.5 Å². The van der Waals surface area contributed by atoms with Crippen LogP contribution in [0.3, 0.4) is 0 Å². The largest absolute Gasteiger partial charge is 0.493 e. The Morgan fingerprint density at radius 3 is 2.79 bits per heavy atom. The average molecular weight is 402 g/mol. The molecule has 7 heteroatoms. The molecule has 0 N–H and O–H groups in total. The first-order valence-electron chi connectivity index (χ1n) is 9.40. The van der Waals surface area contributed by atoms with Crippen molar-refractivity contribution in [2.75, 3.05) is 33.1 Å². The molecule has 1 saturated heterocycles. The van der Waals surface area contributed by atoms with E-state index in [9.17, 15) is 4.39 Å². The van der Waals surface area contributed by atoms with Gasteiger partial charge in [0.1, 0.15) is 11.6 Å². The molecule has 2 aromatic rings. The molecule has 0 aliphatic carbocycles. The molecule has 0 bridgehead atoms. The number of hydrogen-bond acceptors (Lipinski definition) is 5. The van der Waals surface area contributed by atoms with Crippen molar-refractivity contribution >= 4 is 22.6 Å². The Hall–Kier alpha value is -2.28. The second kappa shape index (κ2) is 7.99. The van der Waals surface area contributed by atoms with E-state index in [1.807, 2.05) is 24.5 Å². The summed E-state index contributed by atoms with van der Waals surface area (Å²) in [5, 5.41) is 0.977. The Bertz CT molecular complexity index is 864. The number of hydrogen-bond donors (Lipinski definition) is 0. The molecule has 1 spiro atoms. The minimum Gasteiger partial charge on any atom is -0.493 e. The molecule has 5 nitrogen and oxygen atoms in total. The third kappa shape index (κ3) is 3.81. The Morgan fingerprint density at radius 2 is 2.11 bits per heavy atom. The van der Waals surface area contributed by atoms with Crippen LogP contribution in [-0.2, 0) is 6.42 Å². The highest BCUT2D eigenvalue weighted by Crippen LogP contribution is 2.42. The number of aromatic nitrogens is 1. The molecule has 148 valence electrons. The van der Waals surface area contributed by atoms with Crippen molar-refractivity contribution in [3.05, 3.63) is 47.9 Å². The Labute approximate surface area is 169 Å². The lowest BCUT2D eigenvalue weighted by Gasteiger charge is -2.44. The highest BCUT2D eigenvalue weighted by atomic mass is 32.2. The first-order valence-corrected chi connectivity index (χ1v) is 10.6. The molecule has 28 heavy (non-hydrogen) atoms. The van der Waals surface area contributed by atoms with E-state index in [0.717, 1.165) is 48.8 Å². The molecule has 2 aliphatic heterocycles. The predicted molar refractivity (Wildman–Crippen MR) is 110 cm³/mol. The van der Waals surface area contributed by atoms with Crippen LogP contribution < -0.4 is 9.47 Å². The predicted octanol–water partition coefficient (Wildman–Crippen LogP) is 4.30. The Kier molecular flexibility index (Phi) is 5.44. The van der Waals surface area contributed by atoms with Crippen molar-refractivity contribution in [1.29, 1.82) is 0 Å². The maximum absolute atomic E-state index is 14.2. The van der Waals surface area contributed by atoms with Gasteiger partial charge in [0.05, 0.1) is 25.6 Å². The SMILES string of the molecule is COc1ccc(N=C(SC)N2CCC3(CC2)COc2cccc(F)c2C3)cn1. The van der Waals surface area contributed by atoms with E-state index in [2.05, 4.69) is 9.88 Å². The third-order valence-electron chi connectivity index (χ3n) is 5.59. The summed E-state index contributed by atoms with van der Waals surface area (Å²) in [6, 6.07) is 8.82. The fourth-order valence-corrected chi connectivity index (χ4v) is 4.55. The summed E-state index contributed by atoms with van der Waals surface area (Å²) >= 11 is 1.63. The molecule has 0 amide bonds. The van der Waals surface area contributed by atoms with Crippen LogP contribution in [0.5, 0.6) is 11.6 Å². The lowest BCUT2D eigenvalue weighted by molar-refractivity contribution is 0.0607. The van der Waals surface area contributed by atoms with Crippen LogP contribution in [0.1, 0.15) is 18.4 Å². The molecule has 0 atom stereocenters. The van der Waals surface area contributed by atoms with E-state index < -0.39 is 0 Å². The number of nitrogens with zero attached hydrogens (tertiary/aromatic N) is 3. The molecule has 0 radical (unpaired) electrons. The lowest BCUT2D eigenvalue weighted by Crippen LogP contribution is -2.47. The second-order valence-corrected chi connectivity index (χ2v) is 8.10. The van der Waals surface area contributed by atoms with Gasteiger partial charge in [-0.3, -0.25) is 0 Å². The number of pyridine rings is 1. The second-order valence-electron chi connectivity index (χ2n) is 7.33. The molecule has 2 aliphatic rings. The van der Waals surface area contributed by atoms with E-state index >= 15 is 0 Å². The summed E-state index contributed by atoms with van der Waals surface area (Å²) in [4.78, 5) is 11.3. The fourth-order valence-electron chi connectivity index (χ4n) is 3.91. The standard InChI is InChI=1S/C21H24FN3O2S/c1-26-19-7-6-15(13-23-19)24-20(28-2)25-10-8-21(9-11-25)12-16-17(22)4-3-5-18(16)27-14-21/h3-7,13H,8-12,14H2,1-2H3. The van der Waals surface area contributed by atoms with Gasteiger partial charge in [0.15, 0.2) is 5.17 Å². The monoisotopic (exact) mass is 401 g/mol. The normalized spacial score (nSPS) is 18.5. The van der Waals surface area contributed by atoms with Gasteiger partial charge in [-0.05, 0) is 43.7 Å². The van der Waals surface area contributed by atoms with Gasteiger partial charge in [0.25, 0.3) is 0 Å². The van der Waals surface area contributed by atoms with Gasteiger partial charge < -0.3 is 14.4 Å². The molecule has 0 unspecified atom stereocenters. The van der Waals surface area contributed by atoms with Crippen LogP contribution >= 0.6 is 11.8 Å². The highest BCUT2D eigenvalue weighted by molar-refractivity contribution is 8.13. The minimum absolute atomic E-state index is 0.0108. The average Bonchev–Trinajstić information content (AvgIpc) is 2.74. The number of rotatable bonds is 2. The molecule has 4 rings (SSSR count). The van der Waals surface area contributed by atoms with Crippen LogP contribution in [0.4, 0.5) is 10.1 Å². The van der Waals surface area contributed by atoms with Crippen molar-refractivity contribution in [2.45, 2.75) is 19.3 Å². The number of halogens is 1. The van der Waals surface area contributed by atoms with Crippen LogP contribution in [0.2, 0.25) is 0 Å². The summed E-state index contributed by atoms with van der Waals surface area (Å²) in [6.45, 7) is 2.43. The Morgan fingerprint density at radius 1 is 1.29 bits per heavy atom. The van der Waals surface area contributed by atoms with Crippen LogP contribution in [-0.4, -0.2) is 48.1 Å². The zero-order valence-electron chi connectivity index (χ0n) is 16.2. The third-order valence-corrected chi connectivity index (χ3v) is 6.31. The van der Waals surface area contributed by atoms with Gasteiger partial charge in [-0.1, -0.05) is 17.8 Å². The maximum atomic E-state index is 14.2. The van der Waals surface area contributed by atoms with Gasteiger partial charge in [-0.2, -0.15) is 0 Å². The number of benzene rings is 1. The van der Waals surface area contributed by atoms with Crippen molar-refractivity contribution in [3.63, 3.8) is 0 Å². The maximum Gasteiger partial charge on any atom is 0.213 e. The quantitative estimate of drug-likeness (QED) is 0.555. The number of fused-ring (bicyclic) bond motifs is 1. The van der Waals surface area contributed by atoms with E-state index in [1.54, 1.807) is 31.1 Å². The van der Waals surface area contributed by atoms with Crippen molar-refractivity contribution in [3.8, 4) is 11.6 Å². The van der Waals surface area contributed by atoms with E-state index in [1.165, 1.54) is 6.07 Å². The lowest BCUT2D eigenvalue weighted by atomic mass is 9.73. The van der Waals surface area contributed by atoms with Gasteiger partial charge >= 0.3 is 0 Å². The van der Waals surface area contributed by atoms with Gasteiger partial charge in [0.2, 0.25) is 5.88 Å². The van der Waals surface area contributed by atoms with E-state index in [-0.39, 0.29) is 11.2 Å². The van der Waals surface area contributed by atoms with Crippen molar-refractivity contribution < 1.29 is 13.9 Å². The number of thioether (sulfide) groups is 1. The minimum atomic E-state index is -0.155. The first kappa shape index (κ1) is 19.1. The molecule has 1 aromatic heterocycles. The molecule has 1 fully saturated rings. The number of likely N-dealkylation sites (tertiary alicyclic amines) is 1. The topological polar surface area (TPSA) is 47.0 Å². The number of aliphatic imine (C=N–C) groups is 1. The Balaban J connectivity index is 1.45. The number of piperidine rings is 1. The number of ether oxygens (including phenoxy) is 2. The zero-order chi connectivity index (χ0) is 19.6. The van der Waals surface area contributed by atoms with Crippen molar-refractivity contribution in [1.82, 2.24) is 9.88 Å².